The lowest BCUT2D eigenvalue weighted by Gasteiger charge is -2.33. The molecule has 0 aromatic heterocycles. The summed E-state index contributed by atoms with van der Waals surface area (Å²) >= 11 is 0. The van der Waals surface area contributed by atoms with Gasteiger partial charge in [0.25, 0.3) is 5.91 Å². The number of aliphatic hydroxyl groups excluding tert-OH is 3. The average Bonchev–Trinajstić information content (AvgIpc) is 3.08. The Morgan fingerprint density at radius 1 is 1.29 bits per heavy atom. The van der Waals surface area contributed by atoms with Crippen LogP contribution in [-0.4, -0.2) is 75.2 Å². The molecule has 0 radical (unpaired) electrons. The lowest BCUT2D eigenvalue weighted by molar-refractivity contribution is -0.123. The summed E-state index contributed by atoms with van der Waals surface area (Å²) in [6.45, 7) is 5.75. The Balaban J connectivity index is 1.78. The maximum atomic E-state index is 13.6. The minimum absolute atomic E-state index is 0.133. The van der Waals surface area contributed by atoms with Gasteiger partial charge in [-0.25, -0.2) is 9.65 Å². The number of ketones is 1. The van der Waals surface area contributed by atoms with E-state index in [0.29, 0.717) is 0 Å². The van der Waals surface area contributed by atoms with Crippen molar-refractivity contribution in [3.8, 4) is 5.75 Å². The maximum absolute atomic E-state index is 13.6. The van der Waals surface area contributed by atoms with Crippen LogP contribution in [0.4, 0.5) is 0 Å². The van der Waals surface area contributed by atoms with E-state index in [2.05, 4.69) is 17.0 Å². The van der Waals surface area contributed by atoms with Gasteiger partial charge in [0.05, 0.1) is 12.1 Å². The summed E-state index contributed by atoms with van der Waals surface area (Å²) in [6, 6.07) is 7.00. The summed E-state index contributed by atoms with van der Waals surface area (Å²) in [5.74, 6) is -0.725. The first kappa shape index (κ1) is 26.0. The van der Waals surface area contributed by atoms with Crippen molar-refractivity contribution in [2.24, 2.45) is 0 Å². The molecular formula is C21H28N3O9P. The van der Waals surface area contributed by atoms with E-state index in [4.69, 9.17) is 18.9 Å². The number of rotatable bonds is 10. The van der Waals surface area contributed by atoms with E-state index in [1.54, 1.807) is 18.2 Å². The second-order valence-corrected chi connectivity index (χ2v) is 9.47. The number of hydrogen-bond acceptors (Lipinski definition) is 10. The van der Waals surface area contributed by atoms with Gasteiger partial charge in [0.2, 0.25) is 0 Å². The molecule has 1 fully saturated rings. The fourth-order valence-corrected chi connectivity index (χ4v) is 5.18. The highest BCUT2D eigenvalue weighted by Gasteiger charge is 2.50. The van der Waals surface area contributed by atoms with Crippen LogP contribution < -0.4 is 14.9 Å². The van der Waals surface area contributed by atoms with Gasteiger partial charge in [0, 0.05) is 12.3 Å². The summed E-state index contributed by atoms with van der Waals surface area (Å²) in [7, 11) is -4.25. The molecule has 13 heteroatoms. The molecule has 2 aliphatic rings. The predicted octanol–water partition coefficient (Wildman–Crippen LogP) is -0.0185. The highest BCUT2D eigenvalue weighted by molar-refractivity contribution is 7.52. The Hall–Kier alpha value is -2.57. The van der Waals surface area contributed by atoms with Crippen molar-refractivity contribution >= 4 is 19.4 Å². The number of nitrogens with zero attached hydrogens (tertiary/aromatic N) is 1. The molecule has 186 valence electrons. The van der Waals surface area contributed by atoms with Crippen molar-refractivity contribution in [2.45, 2.75) is 50.5 Å². The van der Waals surface area contributed by atoms with Crippen molar-refractivity contribution < 1.29 is 43.3 Å². The van der Waals surface area contributed by atoms with Gasteiger partial charge in [-0.05, 0) is 26.0 Å². The highest BCUT2D eigenvalue weighted by atomic mass is 31.2. The topological polar surface area (TPSA) is 167 Å². The van der Waals surface area contributed by atoms with Gasteiger partial charge < -0.3 is 34.8 Å². The Morgan fingerprint density at radius 2 is 1.97 bits per heavy atom. The van der Waals surface area contributed by atoms with Crippen LogP contribution in [0.1, 0.15) is 13.8 Å². The second kappa shape index (κ2) is 10.8. The lowest BCUT2D eigenvalue weighted by atomic mass is 10.1. The molecule has 0 saturated carbocycles. The van der Waals surface area contributed by atoms with Crippen LogP contribution in [0.3, 0.4) is 0 Å². The first-order chi connectivity index (χ1) is 16.0. The molecule has 0 aliphatic carbocycles. The quantitative estimate of drug-likeness (QED) is 0.276. The molecule has 0 spiro atoms. The number of nitrogens with one attached hydrogen (secondary N) is 2. The molecule has 2 heterocycles. The number of benzene rings is 1. The third-order valence-corrected chi connectivity index (χ3v) is 7.01. The van der Waals surface area contributed by atoms with Crippen LogP contribution in [0, 0.1) is 0 Å². The van der Waals surface area contributed by atoms with Gasteiger partial charge in [-0.1, -0.05) is 24.8 Å². The normalized spacial score (nSPS) is 28.2. The van der Waals surface area contributed by atoms with Gasteiger partial charge in [0.1, 0.15) is 36.5 Å². The summed E-state index contributed by atoms with van der Waals surface area (Å²) < 4.78 is 30.5. The number of carbonyl (C=O) groups is 2. The summed E-state index contributed by atoms with van der Waals surface area (Å²) in [4.78, 5) is 24.7. The third-order valence-electron chi connectivity index (χ3n) is 5.24. The molecule has 5 N–H and O–H groups in total. The first-order valence-electron chi connectivity index (χ1n) is 10.5. The van der Waals surface area contributed by atoms with E-state index in [9.17, 15) is 24.4 Å². The molecule has 1 aromatic rings. The summed E-state index contributed by atoms with van der Waals surface area (Å²) in [5, 5.41) is 35.2. The molecule has 0 bridgehead atoms. The minimum Gasteiger partial charge on any atom is -0.413 e. The predicted molar refractivity (Wildman–Crippen MR) is 119 cm³/mol. The Bertz CT molecular complexity index is 989. The molecule has 12 nitrogen and oxygen atoms in total. The van der Waals surface area contributed by atoms with Gasteiger partial charge in [-0.3, -0.25) is 14.1 Å². The van der Waals surface area contributed by atoms with Gasteiger partial charge in [-0.15, -0.1) is 0 Å². The zero-order valence-corrected chi connectivity index (χ0v) is 19.5. The van der Waals surface area contributed by atoms with E-state index < -0.39 is 62.7 Å². The Labute approximate surface area is 196 Å². The monoisotopic (exact) mass is 497 g/mol. The molecule has 34 heavy (non-hydrogen) atoms. The summed E-state index contributed by atoms with van der Waals surface area (Å²) in [6.07, 6.45) is -3.72. The zero-order chi connectivity index (χ0) is 25.0. The number of carbonyl (C=O) groups excluding carboxylic acids is 2. The molecule has 5 unspecified atom stereocenters. The SMILES string of the molecule is C=C1NC(=O)C=CN1[C@@H]1O[C@H](C(C)OP(=O)(NC(C)C(=O)CO)Oc2ccccc2)C(O)C1O. The minimum atomic E-state index is -4.25. The van der Waals surface area contributed by atoms with Crippen LogP contribution in [0.25, 0.3) is 0 Å². The third kappa shape index (κ3) is 5.91. The smallest absolute Gasteiger partial charge is 0.413 e. The van der Waals surface area contributed by atoms with Gasteiger partial charge in [0.15, 0.2) is 12.0 Å². The van der Waals surface area contributed by atoms with Crippen molar-refractivity contribution in [3.05, 3.63) is 55.0 Å². The second-order valence-electron chi connectivity index (χ2n) is 7.82. The fourth-order valence-electron chi connectivity index (χ4n) is 3.45. The maximum Gasteiger partial charge on any atom is 0.459 e. The number of aliphatic hydroxyl groups is 3. The highest BCUT2D eigenvalue weighted by Crippen LogP contribution is 2.47. The number of ether oxygens (including phenoxy) is 1. The van der Waals surface area contributed by atoms with Gasteiger partial charge >= 0.3 is 7.75 Å². The van der Waals surface area contributed by atoms with Gasteiger partial charge in [-0.2, -0.15) is 0 Å². The van der Waals surface area contributed by atoms with Crippen molar-refractivity contribution in [2.75, 3.05) is 6.61 Å². The average molecular weight is 497 g/mol. The Kier molecular flexibility index (Phi) is 8.26. The zero-order valence-electron chi connectivity index (χ0n) is 18.6. The molecule has 3 rings (SSSR count). The van der Waals surface area contributed by atoms with Crippen molar-refractivity contribution in [3.63, 3.8) is 0 Å². The Morgan fingerprint density at radius 3 is 2.59 bits per heavy atom. The number of Topliss-reactive ketones (excluding diaryl/α,β-unsaturated/α-hetero) is 1. The molecular weight excluding hydrogens is 469 g/mol. The van der Waals surface area contributed by atoms with Crippen LogP contribution in [-0.2, 0) is 23.4 Å². The molecule has 1 aromatic carbocycles. The number of para-hydroxylation sites is 1. The van der Waals surface area contributed by atoms with E-state index in [0.717, 1.165) is 0 Å². The molecule has 1 amide bonds. The van der Waals surface area contributed by atoms with Crippen LogP contribution >= 0.6 is 7.75 Å². The lowest BCUT2D eigenvalue weighted by Crippen LogP contribution is -2.46. The molecule has 1 saturated heterocycles. The van der Waals surface area contributed by atoms with E-state index in [-0.39, 0.29) is 11.6 Å². The van der Waals surface area contributed by atoms with Crippen LogP contribution in [0.2, 0.25) is 0 Å². The summed E-state index contributed by atoms with van der Waals surface area (Å²) in [5.41, 5.74) is 0. The molecule has 2 aliphatic heterocycles. The first-order valence-corrected chi connectivity index (χ1v) is 12.0. The van der Waals surface area contributed by atoms with Crippen LogP contribution in [0.5, 0.6) is 5.75 Å². The van der Waals surface area contributed by atoms with Crippen molar-refractivity contribution in [1.29, 1.82) is 0 Å². The van der Waals surface area contributed by atoms with E-state index in [1.807, 2.05) is 0 Å². The van der Waals surface area contributed by atoms with E-state index >= 15 is 0 Å². The van der Waals surface area contributed by atoms with E-state index in [1.165, 1.54) is 43.2 Å². The largest absolute Gasteiger partial charge is 0.459 e. The van der Waals surface area contributed by atoms with Crippen molar-refractivity contribution in [1.82, 2.24) is 15.3 Å². The number of amides is 1. The standard InChI is InChI=1S/C21H28N3O9P/c1-12(16(26)11-25)23-34(30,33-15-7-5-4-6-8-15)32-13(2)20-18(28)19(29)21(31-20)24-10-9-17(27)22-14(24)3/h4-10,12-13,18-21,25,28-29H,3,11H2,1-2H3,(H,22,27)(H,23,30)/t12?,13?,18?,19?,20-,21-,34?/m1/s1. The fraction of sp³-hybridized carbons (Fsp3) is 0.429. The molecule has 7 atom stereocenters. The number of hydrogen-bond donors (Lipinski definition) is 5. The van der Waals surface area contributed by atoms with Crippen LogP contribution in [0.15, 0.2) is 55.0 Å².